The van der Waals surface area contributed by atoms with Gasteiger partial charge < -0.3 is 10.2 Å². The van der Waals surface area contributed by atoms with E-state index in [0.717, 1.165) is 54.3 Å². The molecule has 0 radical (unpaired) electrons. The predicted molar refractivity (Wildman–Crippen MR) is 127 cm³/mol. The maximum atomic E-state index is 13.2. The highest BCUT2D eigenvalue weighted by molar-refractivity contribution is 7.17. The molecular weight excluding hydrogens is 390 g/mol. The molecule has 0 aliphatic rings. The summed E-state index contributed by atoms with van der Waals surface area (Å²) in [4.78, 5) is 21.1. The van der Waals surface area contributed by atoms with Crippen molar-refractivity contribution in [3.05, 3.63) is 65.5 Å². The van der Waals surface area contributed by atoms with Gasteiger partial charge in [-0.05, 0) is 39.4 Å². The fourth-order valence-corrected chi connectivity index (χ4v) is 4.49. The molecule has 3 aromatic rings. The Kier molecular flexibility index (Phi) is 8.17. The van der Waals surface area contributed by atoms with Gasteiger partial charge in [0.2, 0.25) is 0 Å². The first kappa shape index (κ1) is 22.2. The van der Waals surface area contributed by atoms with Crippen molar-refractivity contribution in [1.29, 1.82) is 0 Å². The number of hydrogen-bond acceptors (Lipinski definition) is 4. The number of aromatic nitrogens is 1. The molecule has 1 N–H and O–H groups in total. The number of benzene rings is 2. The zero-order valence-corrected chi connectivity index (χ0v) is 18.9. The van der Waals surface area contributed by atoms with Gasteiger partial charge in [0.25, 0.3) is 5.91 Å². The van der Waals surface area contributed by atoms with E-state index in [-0.39, 0.29) is 11.9 Å². The van der Waals surface area contributed by atoms with Gasteiger partial charge in [0.15, 0.2) is 0 Å². The van der Waals surface area contributed by atoms with E-state index in [0.29, 0.717) is 4.88 Å². The molecule has 158 valence electrons. The maximum absolute atomic E-state index is 13.2. The predicted octanol–water partition coefficient (Wildman–Crippen LogP) is 5.72. The van der Waals surface area contributed by atoms with Crippen LogP contribution < -0.4 is 5.32 Å². The molecule has 0 saturated carbocycles. The monoisotopic (exact) mass is 421 g/mol. The number of hydrogen-bond donors (Lipinski definition) is 1. The SMILES string of the molecule is CCN(CC)CCCC(C)NC(=O)c1sc(-c2ccccc2)nc1-c1ccccc1. The van der Waals surface area contributed by atoms with Crippen LogP contribution in [-0.4, -0.2) is 41.5 Å². The van der Waals surface area contributed by atoms with E-state index in [1.165, 1.54) is 11.3 Å². The molecule has 1 heterocycles. The van der Waals surface area contributed by atoms with Crippen LogP contribution in [0.2, 0.25) is 0 Å². The van der Waals surface area contributed by atoms with Gasteiger partial charge in [-0.2, -0.15) is 0 Å². The Bertz CT molecular complexity index is 920. The smallest absolute Gasteiger partial charge is 0.263 e. The third-order valence-electron chi connectivity index (χ3n) is 5.28. The molecule has 0 saturated heterocycles. The number of nitrogens with one attached hydrogen (secondary N) is 1. The Balaban J connectivity index is 1.76. The highest BCUT2D eigenvalue weighted by atomic mass is 32.1. The Morgan fingerprint density at radius 1 is 1.00 bits per heavy atom. The van der Waals surface area contributed by atoms with Gasteiger partial charge in [-0.3, -0.25) is 4.79 Å². The molecule has 1 amide bonds. The summed E-state index contributed by atoms with van der Waals surface area (Å²) in [5.41, 5.74) is 2.76. The van der Waals surface area contributed by atoms with E-state index >= 15 is 0 Å². The summed E-state index contributed by atoms with van der Waals surface area (Å²) in [6.45, 7) is 9.67. The number of rotatable bonds is 10. The second-order valence-corrected chi connectivity index (χ2v) is 8.47. The van der Waals surface area contributed by atoms with Crippen LogP contribution >= 0.6 is 11.3 Å². The van der Waals surface area contributed by atoms with Crippen LogP contribution in [0.4, 0.5) is 0 Å². The molecule has 5 heteroatoms. The van der Waals surface area contributed by atoms with Gasteiger partial charge in [-0.15, -0.1) is 11.3 Å². The third kappa shape index (κ3) is 5.77. The lowest BCUT2D eigenvalue weighted by Gasteiger charge is -2.19. The summed E-state index contributed by atoms with van der Waals surface area (Å²) < 4.78 is 0. The second-order valence-electron chi connectivity index (χ2n) is 7.47. The summed E-state index contributed by atoms with van der Waals surface area (Å²) in [6.07, 6.45) is 2.04. The first-order valence-electron chi connectivity index (χ1n) is 10.8. The molecule has 1 atom stereocenters. The van der Waals surface area contributed by atoms with Crippen molar-refractivity contribution >= 4 is 17.2 Å². The first-order valence-corrected chi connectivity index (χ1v) is 11.6. The highest BCUT2D eigenvalue weighted by Crippen LogP contribution is 2.33. The summed E-state index contributed by atoms with van der Waals surface area (Å²) in [7, 11) is 0. The molecule has 2 aromatic carbocycles. The lowest BCUT2D eigenvalue weighted by molar-refractivity contribution is 0.0942. The van der Waals surface area contributed by atoms with Crippen molar-refractivity contribution in [3.8, 4) is 21.8 Å². The van der Waals surface area contributed by atoms with E-state index in [2.05, 4.69) is 31.0 Å². The molecule has 3 rings (SSSR count). The van der Waals surface area contributed by atoms with E-state index in [1.807, 2.05) is 60.7 Å². The van der Waals surface area contributed by atoms with Gasteiger partial charge in [0.05, 0.1) is 5.69 Å². The van der Waals surface area contributed by atoms with Gasteiger partial charge in [-0.1, -0.05) is 74.5 Å². The van der Waals surface area contributed by atoms with Crippen molar-refractivity contribution in [3.63, 3.8) is 0 Å². The van der Waals surface area contributed by atoms with Crippen LogP contribution in [0.15, 0.2) is 60.7 Å². The minimum absolute atomic E-state index is 0.0381. The highest BCUT2D eigenvalue weighted by Gasteiger charge is 2.21. The van der Waals surface area contributed by atoms with Crippen LogP contribution in [0.25, 0.3) is 21.8 Å². The Labute approximate surface area is 184 Å². The second kappa shape index (κ2) is 11.0. The summed E-state index contributed by atoms with van der Waals surface area (Å²) in [5.74, 6) is -0.0381. The van der Waals surface area contributed by atoms with Gasteiger partial charge in [-0.25, -0.2) is 4.98 Å². The molecule has 1 aromatic heterocycles. The summed E-state index contributed by atoms with van der Waals surface area (Å²) in [5, 5.41) is 4.06. The maximum Gasteiger partial charge on any atom is 0.263 e. The van der Waals surface area contributed by atoms with E-state index in [1.54, 1.807) is 0 Å². The number of amides is 1. The first-order chi connectivity index (χ1) is 14.6. The molecular formula is C25H31N3OS. The number of thiazole rings is 1. The van der Waals surface area contributed by atoms with E-state index in [9.17, 15) is 4.79 Å². The minimum Gasteiger partial charge on any atom is -0.349 e. The lowest BCUT2D eigenvalue weighted by Crippen LogP contribution is -2.33. The van der Waals surface area contributed by atoms with Crippen LogP contribution in [-0.2, 0) is 0 Å². The number of carbonyl (C=O) groups excluding carboxylic acids is 1. The zero-order valence-electron chi connectivity index (χ0n) is 18.1. The van der Waals surface area contributed by atoms with E-state index in [4.69, 9.17) is 4.98 Å². The van der Waals surface area contributed by atoms with E-state index < -0.39 is 0 Å². The molecule has 4 nitrogen and oxygen atoms in total. The van der Waals surface area contributed by atoms with Crippen molar-refractivity contribution in [1.82, 2.24) is 15.2 Å². The summed E-state index contributed by atoms with van der Waals surface area (Å²) in [6, 6.07) is 20.1. The molecule has 0 aliphatic heterocycles. The third-order valence-corrected chi connectivity index (χ3v) is 6.39. The lowest BCUT2D eigenvalue weighted by atomic mass is 10.1. The standard InChI is InChI=1S/C25H31N3OS/c1-4-28(5-2)18-12-13-19(3)26-24(29)23-22(20-14-8-6-9-15-20)27-25(30-23)21-16-10-7-11-17-21/h6-11,14-17,19H,4-5,12-13,18H2,1-3H3,(H,26,29). The molecule has 0 fully saturated rings. The topological polar surface area (TPSA) is 45.2 Å². The van der Waals surface area contributed by atoms with Gasteiger partial charge in [0, 0.05) is 17.2 Å². The fourth-order valence-electron chi connectivity index (χ4n) is 3.49. The molecule has 0 bridgehead atoms. The quantitative estimate of drug-likeness (QED) is 0.455. The average Bonchev–Trinajstić information content (AvgIpc) is 3.24. The average molecular weight is 422 g/mol. The fraction of sp³-hybridized carbons (Fsp3) is 0.360. The normalized spacial score (nSPS) is 12.1. The number of nitrogens with zero attached hydrogens (tertiary/aromatic N) is 2. The Morgan fingerprint density at radius 3 is 2.20 bits per heavy atom. The minimum atomic E-state index is -0.0381. The largest absolute Gasteiger partial charge is 0.349 e. The van der Waals surface area contributed by atoms with Crippen molar-refractivity contribution in [2.45, 2.75) is 39.7 Å². The molecule has 1 unspecified atom stereocenters. The van der Waals surface area contributed by atoms with Crippen LogP contribution in [0.3, 0.4) is 0 Å². The Morgan fingerprint density at radius 2 is 1.60 bits per heavy atom. The van der Waals surface area contributed by atoms with Crippen LogP contribution in [0.1, 0.15) is 43.3 Å². The molecule has 0 spiro atoms. The molecule has 0 aliphatic carbocycles. The van der Waals surface area contributed by atoms with Crippen molar-refractivity contribution in [2.75, 3.05) is 19.6 Å². The number of carbonyl (C=O) groups is 1. The Hall–Kier alpha value is -2.50. The van der Waals surface area contributed by atoms with Crippen molar-refractivity contribution in [2.24, 2.45) is 0 Å². The van der Waals surface area contributed by atoms with Crippen LogP contribution in [0, 0.1) is 0 Å². The van der Waals surface area contributed by atoms with Crippen LogP contribution in [0.5, 0.6) is 0 Å². The van der Waals surface area contributed by atoms with Gasteiger partial charge in [0.1, 0.15) is 9.88 Å². The zero-order chi connectivity index (χ0) is 21.3. The van der Waals surface area contributed by atoms with Gasteiger partial charge >= 0.3 is 0 Å². The molecule has 30 heavy (non-hydrogen) atoms. The summed E-state index contributed by atoms with van der Waals surface area (Å²) >= 11 is 1.46. The van der Waals surface area contributed by atoms with Crippen molar-refractivity contribution < 1.29 is 4.79 Å².